The van der Waals surface area contributed by atoms with Crippen LogP contribution in [0.2, 0.25) is 0 Å². The van der Waals surface area contributed by atoms with Crippen LogP contribution in [-0.4, -0.2) is 62.9 Å². The van der Waals surface area contributed by atoms with Gasteiger partial charge in [0.15, 0.2) is 6.61 Å². The van der Waals surface area contributed by atoms with E-state index in [1.54, 1.807) is 12.3 Å². The second-order valence-corrected chi connectivity index (χ2v) is 6.76. The molecular formula is C20H22N2O6. The number of piperidine rings is 1. The smallest absolute Gasteiger partial charge is 0.341 e. The highest BCUT2D eigenvalue weighted by Gasteiger charge is 2.33. The molecule has 1 aromatic heterocycles. The first kappa shape index (κ1) is 19.8. The Hall–Kier alpha value is -2.97. The number of carboxylic acids is 2. The summed E-state index contributed by atoms with van der Waals surface area (Å²) in [5, 5.41) is 28.1. The summed E-state index contributed by atoms with van der Waals surface area (Å²) in [6, 6.07) is 11.0. The number of rotatable bonds is 7. The molecule has 0 saturated carbocycles. The normalized spacial score (nSPS) is 19.9. The van der Waals surface area contributed by atoms with Crippen LogP contribution in [0.25, 0.3) is 11.3 Å². The summed E-state index contributed by atoms with van der Waals surface area (Å²) >= 11 is 0. The minimum atomic E-state index is -1.08. The van der Waals surface area contributed by atoms with Crippen LogP contribution in [0, 0.1) is 5.92 Å². The number of nitrogens with zero attached hydrogens (tertiary/aromatic N) is 2. The quantitative estimate of drug-likeness (QED) is 0.654. The van der Waals surface area contributed by atoms with Gasteiger partial charge in [-0.1, -0.05) is 6.07 Å². The van der Waals surface area contributed by atoms with E-state index in [-0.39, 0.29) is 6.54 Å². The maximum Gasteiger partial charge on any atom is 0.341 e. The lowest BCUT2D eigenvalue weighted by molar-refractivity contribution is -0.149. The average Bonchev–Trinajstić information content (AvgIpc) is 2.68. The summed E-state index contributed by atoms with van der Waals surface area (Å²) in [5.74, 6) is -2.52. The topological polar surface area (TPSA) is 120 Å². The summed E-state index contributed by atoms with van der Waals surface area (Å²) in [6.45, 7) is 0.665. The molecule has 0 unspecified atom stereocenters. The fourth-order valence-corrected chi connectivity index (χ4v) is 3.31. The molecule has 1 aromatic carbocycles. The van der Waals surface area contributed by atoms with Crippen LogP contribution >= 0.6 is 0 Å². The number of aliphatic hydroxyl groups excluding tert-OH is 1. The summed E-state index contributed by atoms with van der Waals surface area (Å²) < 4.78 is 5.41. The predicted molar refractivity (Wildman–Crippen MR) is 99.8 cm³/mol. The third-order valence-corrected chi connectivity index (χ3v) is 4.74. The Morgan fingerprint density at radius 1 is 1.21 bits per heavy atom. The number of carboxylic acid groups (broad SMARTS) is 2. The van der Waals surface area contributed by atoms with Gasteiger partial charge in [0.1, 0.15) is 5.75 Å². The van der Waals surface area contributed by atoms with Crippen molar-refractivity contribution in [2.45, 2.75) is 19.1 Å². The number of aliphatic carboxylic acids is 2. The van der Waals surface area contributed by atoms with Gasteiger partial charge in [0.05, 0.1) is 17.7 Å². The molecule has 3 N–H and O–H groups in total. The van der Waals surface area contributed by atoms with Gasteiger partial charge in [0.25, 0.3) is 0 Å². The predicted octanol–water partition coefficient (Wildman–Crippen LogP) is 1.48. The van der Waals surface area contributed by atoms with Gasteiger partial charge in [0.2, 0.25) is 0 Å². The largest absolute Gasteiger partial charge is 0.482 e. The van der Waals surface area contributed by atoms with Crippen LogP contribution < -0.4 is 4.74 Å². The maximum atomic E-state index is 11.4. The number of hydrogen-bond donors (Lipinski definition) is 3. The molecule has 0 aliphatic carbocycles. The third-order valence-electron chi connectivity index (χ3n) is 4.74. The van der Waals surface area contributed by atoms with Crippen LogP contribution in [0.3, 0.4) is 0 Å². The van der Waals surface area contributed by atoms with E-state index in [0.29, 0.717) is 25.3 Å². The van der Waals surface area contributed by atoms with E-state index in [1.165, 1.54) is 0 Å². The molecule has 1 saturated heterocycles. The molecule has 0 bridgehead atoms. The molecule has 1 aliphatic heterocycles. The Balaban J connectivity index is 1.85. The lowest BCUT2D eigenvalue weighted by Crippen LogP contribution is -2.46. The third kappa shape index (κ3) is 4.85. The van der Waals surface area contributed by atoms with Crippen molar-refractivity contribution in [2.24, 2.45) is 5.92 Å². The molecule has 1 aliphatic rings. The molecule has 0 spiro atoms. The van der Waals surface area contributed by atoms with E-state index < -0.39 is 30.6 Å². The first-order chi connectivity index (χ1) is 13.4. The second kappa shape index (κ2) is 8.81. The van der Waals surface area contributed by atoms with Crippen molar-refractivity contribution < 1.29 is 29.6 Å². The maximum absolute atomic E-state index is 11.4. The molecule has 2 heterocycles. The molecule has 8 nitrogen and oxygen atoms in total. The summed E-state index contributed by atoms with van der Waals surface area (Å²) in [7, 11) is 0. The van der Waals surface area contributed by atoms with Crippen LogP contribution in [0.5, 0.6) is 5.75 Å². The highest BCUT2D eigenvalue weighted by Crippen LogP contribution is 2.28. The average molecular weight is 386 g/mol. The summed E-state index contributed by atoms with van der Waals surface area (Å²) in [4.78, 5) is 28.5. The van der Waals surface area contributed by atoms with Crippen molar-refractivity contribution >= 4 is 11.9 Å². The van der Waals surface area contributed by atoms with Crippen LogP contribution in [0.1, 0.15) is 12.0 Å². The molecule has 8 heteroatoms. The van der Waals surface area contributed by atoms with E-state index in [4.69, 9.17) is 9.84 Å². The van der Waals surface area contributed by atoms with Gasteiger partial charge < -0.3 is 20.1 Å². The second-order valence-electron chi connectivity index (χ2n) is 6.76. The Morgan fingerprint density at radius 2 is 2.04 bits per heavy atom. The highest BCUT2D eigenvalue weighted by atomic mass is 16.5. The standard InChI is InChI=1S/C20H22N2O6/c23-17-6-8-22(11-15(17)20(26)27)10-14-9-13(16-3-1-2-7-21-16)4-5-18(14)28-12-19(24)25/h1-5,7,9,15,17,23H,6,8,10-12H2,(H,24,25)(H,26,27)/t15-,17+/m1/s1. The van der Waals surface area contributed by atoms with Gasteiger partial charge in [-0.25, -0.2) is 4.79 Å². The fraction of sp³-hybridized carbons (Fsp3) is 0.350. The number of aliphatic hydroxyl groups is 1. The lowest BCUT2D eigenvalue weighted by Gasteiger charge is -2.34. The SMILES string of the molecule is O=C(O)COc1ccc(-c2ccccn2)cc1CN1CC[C@H](O)[C@H](C(=O)O)C1. The zero-order valence-electron chi connectivity index (χ0n) is 15.2. The number of aromatic nitrogens is 1. The van der Waals surface area contributed by atoms with Crippen molar-refractivity contribution in [3.63, 3.8) is 0 Å². The van der Waals surface area contributed by atoms with Crippen LogP contribution in [-0.2, 0) is 16.1 Å². The van der Waals surface area contributed by atoms with E-state index in [0.717, 1.165) is 16.8 Å². The number of likely N-dealkylation sites (tertiary alicyclic amines) is 1. The minimum Gasteiger partial charge on any atom is -0.482 e. The van der Waals surface area contributed by atoms with Crippen LogP contribution in [0.15, 0.2) is 42.6 Å². The number of ether oxygens (including phenoxy) is 1. The number of carbonyl (C=O) groups is 2. The van der Waals surface area contributed by atoms with Gasteiger partial charge in [-0.15, -0.1) is 0 Å². The first-order valence-corrected chi connectivity index (χ1v) is 8.96. The molecule has 28 heavy (non-hydrogen) atoms. The van der Waals surface area contributed by atoms with Gasteiger partial charge in [0, 0.05) is 37.0 Å². The number of hydrogen-bond acceptors (Lipinski definition) is 6. The molecule has 148 valence electrons. The van der Waals surface area contributed by atoms with Gasteiger partial charge in [-0.05, 0) is 36.8 Å². The fourth-order valence-electron chi connectivity index (χ4n) is 3.31. The van der Waals surface area contributed by atoms with E-state index in [2.05, 4.69) is 4.98 Å². The van der Waals surface area contributed by atoms with Crippen molar-refractivity contribution in [3.8, 4) is 17.0 Å². The molecule has 0 amide bonds. The van der Waals surface area contributed by atoms with Gasteiger partial charge in [-0.3, -0.25) is 14.7 Å². The van der Waals surface area contributed by atoms with E-state index in [9.17, 15) is 19.8 Å². The molecule has 2 atom stereocenters. The van der Waals surface area contributed by atoms with Crippen molar-refractivity contribution in [1.82, 2.24) is 9.88 Å². The Bertz CT molecular complexity index is 842. The number of benzene rings is 1. The van der Waals surface area contributed by atoms with E-state index in [1.807, 2.05) is 35.2 Å². The molecule has 2 aromatic rings. The minimum absolute atomic E-state index is 0.211. The zero-order chi connectivity index (χ0) is 20.1. The van der Waals surface area contributed by atoms with E-state index >= 15 is 0 Å². The number of pyridine rings is 1. The van der Waals surface area contributed by atoms with Crippen LogP contribution in [0.4, 0.5) is 0 Å². The van der Waals surface area contributed by atoms with Crippen molar-refractivity contribution in [3.05, 3.63) is 48.2 Å². The Morgan fingerprint density at radius 3 is 2.71 bits per heavy atom. The molecule has 1 fully saturated rings. The Kier molecular flexibility index (Phi) is 6.23. The molecule has 0 radical (unpaired) electrons. The lowest BCUT2D eigenvalue weighted by atomic mass is 9.94. The van der Waals surface area contributed by atoms with Crippen molar-refractivity contribution in [2.75, 3.05) is 19.7 Å². The molecule has 3 rings (SSSR count). The van der Waals surface area contributed by atoms with Gasteiger partial charge >= 0.3 is 11.9 Å². The first-order valence-electron chi connectivity index (χ1n) is 8.96. The summed E-state index contributed by atoms with van der Waals surface area (Å²) in [6.07, 6.45) is 1.19. The molecular weight excluding hydrogens is 364 g/mol. The Labute approximate surface area is 162 Å². The summed E-state index contributed by atoms with van der Waals surface area (Å²) in [5.41, 5.74) is 2.36. The monoisotopic (exact) mass is 386 g/mol. The van der Waals surface area contributed by atoms with Gasteiger partial charge in [-0.2, -0.15) is 0 Å². The van der Waals surface area contributed by atoms with Crippen molar-refractivity contribution in [1.29, 1.82) is 0 Å². The highest BCUT2D eigenvalue weighted by molar-refractivity contribution is 5.71. The zero-order valence-corrected chi connectivity index (χ0v) is 15.2.